The summed E-state index contributed by atoms with van der Waals surface area (Å²) in [4.78, 5) is 2.51. The Morgan fingerprint density at radius 3 is 3.00 bits per heavy atom. The van der Waals surface area contributed by atoms with E-state index in [2.05, 4.69) is 23.8 Å². The third-order valence-electron chi connectivity index (χ3n) is 3.10. The van der Waals surface area contributed by atoms with Gasteiger partial charge < -0.3 is 10.2 Å². The van der Waals surface area contributed by atoms with Gasteiger partial charge in [0.2, 0.25) is 0 Å². The largest absolute Gasteiger partial charge is 0.316 e. The van der Waals surface area contributed by atoms with E-state index < -0.39 is 0 Å². The first-order valence-electron chi connectivity index (χ1n) is 5.86. The smallest absolute Gasteiger partial charge is 0.0104 e. The van der Waals surface area contributed by atoms with Crippen molar-refractivity contribution in [3.63, 3.8) is 0 Å². The molecule has 0 bridgehead atoms. The number of rotatable bonds is 6. The van der Waals surface area contributed by atoms with Gasteiger partial charge in [0, 0.05) is 6.04 Å². The average molecular weight is 196 g/mol. The molecule has 0 aromatic heterocycles. The first kappa shape index (κ1) is 11.7. The van der Waals surface area contributed by atoms with Gasteiger partial charge in [0.05, 0.1) is 0 Å². The van der Waals surface area contributed by atoms with E-state index in [9.17, 15) is 0 Å². The van der Waals surface area contributed by atoms with E-state index in [1.165, 1.54) is 32.2 Å². The van der Waals surface area contributed by atoms with Crippen LogP contribution in [0.25, 0.3) is 0 Å². The van der Waals surface area contributed by atoms with Crippen molar-refractivity contribution in [3.8, 4) is 0 Å². The van der Waals surface area contributed by atoms with E-state index in [0.29, 0.717) is 0 Å². The minimum atomic E-state index is 0.819. The monoisotopic (exact) mass is 196 g/mol. The molecule has 1 aliphatic rings. The molecule has 1 unspecified atom stereocenters. The molecule has 0 aliphatic carbocycles. The van der Waals surface area contributed by atoms with Crippen molar-refractivity contribution in [1.29, 1.82) is 0 Å². The molecule has 2 heteroatoms. The van der Waals surface area contributed by atoms with Gasteiger partial charge in [-0.25, -0.2) is 0 Å². The molecule has 0 aromatic carbocycles. The molecule has 1 fully saturated rings. The summed E-state index contributed by atoms with van der Waals surface area (Å²) in [5.74, 6) is 0. The van der Waals surface area contributed by atoms with Crippen LogP contribution < -0.4 is 5.32 Å². The number of nitrogens with zero attached hydrogens (tertiary/aromatic N) is 1. The first-order valence-corrected chi connectivity index (χ1v) is 5.86. The lowest BCUT2D eigenvalue weighted by Gasteiger charge is -2.32. The molecule has 1 atom stereocenters. The lowest BCUT2D eigenvalue weighted by molar-refractivity contribution is 0.176. The van der Waals surface area contributed by atoms with Gasteiger partial charge in [0.15, 0.2) is 0 Å². The zero-order chi connectivity index (χ0) is 10.2. The maximum atomic E-state index is 3.71. The van der Waals surface area contributed by atoms with Crippen molar-refractivity contribution in [2.75, 3.05) is 26.7 Å². The van der Waals surface area contributed by atoms with Gasteiger partial charge in [-0.2, -0.15) is 0 Å². The third kappa shape index (κ3) is 4.25. The van der Waals surface area contributed by atoms with E-state index in [-0.39, 0.29) is 0 Å². The van der Waals surface area contributed by atoms with Crippen LogP contribution in [0.4, 0.5) is 0 Å². The van der Waals surface area contributed by atoms with Crippen LogP contribution in [0.3, 0.4) is 0 Å². The van der Waals surface area contributed by atoms with Crippen LogP contribution in [0.2, 0.25) is 0 Å². The van der Waals surface area contributed by atoms with Crippen molar-refractivity contribution in [3.05, 3.63) is 12.7 Å². The number of piperidine rings is 1. The minimum absolute atomic E-state index is 0.819. The van der Waals surface area contributed by atoms with Crippen LogP contribution in [0.1, 0.15) is 32.1 Å². The first-order chi connectivity index (χ1) is 6.84. The number of hydrogen-bond donors (Lipinski definition) is 1. The summed E-state index contributed by atoms with van der Waals surface area (Å²) in [6, 6.07) is 0.819. The summed E-state index contributed by atoms with van der Waals surface area (Å²) < 4.78 is 0. The summed E-state index contributed by atoms with van der Waals surface area (Å²) in [5.41, 5.74) is 0. The Morgan fingerprint density at radius 2 is 2.29 bits per heavy atom. The lowest BCUT2D eigenvalue weighted by atomic mass is 10.0. The molecule has 0 saturated carbocycles. The Kier molecular flexibility index (Phi) is 5.88. The van der Waals surface area contributed by atoms with Crippen molar-refractivity contribution < 1.29 is 0 Å². The summed E-state index contributed by atoms with van der Waals surface area (Å²) in [6.07, 6.45) is 8.55. The highest BCUT2D eigenvalue weighted by Gasteiger charge is 2.17. The Hall–Kier alpha value is -0.340. The zero-order valence-corrected chi connectivity index (χ0v) is 9.47. The van der Waals surface area contributed by atoms with Gasteiger partial charge in [-0.15, -0.1) is 6.58 Å². The highest BCUT2D eigenvalue weighted by Crippen LogP contribution is 2.16. The fourth-order valence-corrected chi connectivity index (χ4v) is 2.11. The Morgan fingerprint density at radius 1 is 1.43 bits per heavy atom. The molecular weight excluding hydrogens is 172 g/mol. The SMILES string of the molecule is C=CCCNCCC1CCCCN1C. The van der Waals surface area contributed by atoms with Gasteiger partial charge in [0.1, 0.15) is 0 Å². The molecule has 1 aliphatic heterocycles. The summed E-state index contributed by atoms with van der Waals surface area (Å²) in [7, 11) is 2.26. The average Bonchev–Trinajstić information content (AvgIpc) is 2.20. The second-order valence-corrected chi connectivity index (χ2v) is 4.25. The maximum absolute atomic E-state index is 3.71. The van der Waals surface area contributed by atoms with Crippen LogP contribution >= 0.6 is 0 Å². The van der Waals surface area contributed by atoms with Crippen LogP contribution in [-0.2, 0) is 0 Å². The van der Waals surface area contributed by atoms with Gasteiger partial charge in [0.25, 0.3) is 0 Å². The van der Waals surface area contributed by atoms with Crippen molar-refractivity contribution in [1.82, 2.24) is 10.2 Å². The predicted molar refractivity (Wildman–Crippen MR) is 62.6 cm³/mol. The van der Waals surface area contributed by atoms with E-state index in [0.717, 1.165) is 25.6 Å². The maximum Gasteiger partial charge on any atom is 0.0104 e. The summed E-state index contributed by atoms with van der Waals surface area (Å²) in [5, 5.41) is 3.46. The highest BCUT2D eigenvalue weighted by molar-refractivity contribution is 4.75. The standard InChI is InChI=1S/C12H24N2/c1-3-4-9-13-10-8-12-7-5-6-11-14(12)2/h3,12-13H,1,4-11H2,2H3. The summed E-state index contributed by atoms with van der Waals surface area (Å²) >= 11 is 0. The Labute approximate surface area is 88.4 Å². The quantitative estimate of drug-likeness (QED) is 0.516. The molecule has 1 N–H and O–H groups in total. The molecule has 1 heterocycles. The fourth-order valence-electron chi connectivity index (χ4n) is 2.11. The molecular formula is C12H24N2. The topological polar surface area (TPSA) is 15.3 Å². The fraction of sp³-hybridized carbons (Fsp3) is 0.833. The van der Waals surface area contributed by atoms with Crippen LogP contribution in [0, 0.1) is 0 Å². The second kappa shape index (κ2) is 7.02. The van der Waals surface area contributed by atoms with E-state index >= 15 is 0 Å². The van der Waals surface area contributed by atoms with Crippen molar-refractivity contribution in [2.24, 2.45) is 0 Å². The Balaban J connectivity index is 2.01. The van der Waals surface area contributed by atoms with Gasteiger partial charge in [-0.05, 0) is 52.4 Å². The molecule has 1 saturated heterocycles. The molecule has 2 nitrogen and oxygen atoms in total. The van der Waals surface area contributed by atoms with E-state index in [1.54, 1.807) is 0 Å². The number of hydrogen-bond acceptors (Lipinski definition) is 2. The normalized spacial score (nSPS) is 23.6. The Bertz CT molecular complexity index is 156. The van der Waals surface area contributed by atoms with Crippen LogP contribution in [-0.4, -0.2) is 37.6 Å². The molecule has 14 heavy (non-hydrogen) atoms. The minimum Gasteiger partial charge on any atom is -0.316 e. The van der Waals surface area contributed by atoms with Gasteiger partial charge >= 0.3 is 0 Å². The molecule has 0 radical (unpaired) electrons. The zero-order valence-electron chi connectivity index (χ0n) is 9.47. The third-order valence-corrected chi connectivity index (χ3v) is 3.10. The number of nitrogens with one attached hydrogen (secondary N) is 1. The predicted octanol–water partition coefficient (Wildman–Crippen LogP) is 2.03. The lowest BCUT2D eigenvalue weighted by Crippen LogP contribution is -2.38. The van der Waals surface area contributed by atoms with Crippen molar-refractivity contribution in [2.45, 2.75) is 38.1 Å². The molecule has 0 aromatic rings. The molecule has 0 spiro atoms. The van der Waals surface area contributed by atoms with Gasteiger partial charge in [-0.1, -0.05) is 12.5 Å². The van der Waals surface area contributed by atoms with Crippen molar-refractivity contribution >= 4 is 0 Å². The summed E-state index contributed by atoms with van der Waals surface area (Å²) in [6.45, 7) is 7.24. The highest BCUT2D eigenvalue weighted by atomic mass is 15.1. The van der Waals surface area contributed by atoms with Crippen LogP contribution in [0.5, 0.6) is 0 Å². The molecule has 82 valence electrons. The van der Waals surface area contributed by atoms with Crippen LogP contribution in [0.15, 0.2) is 12.7 Å². The van der Waals surface area contributed by atoms with Gasteiger partial charge in [-0.3, -0.25) is 0 Å². The molecule has 0 amide bonds. The second-order valence-electron chi connectivity index (χ2n) is 4.25. The number of likely N-dealkylation sites (tertiary alicyclic amines) is 1. The van der Waals surface area contributed by atoms with E-state index in [4.69, 9.17) is 0 Å². The molecule has 1 rings (SSSR count). The van der Waals surface area contributed by atoms with E-state index in [1.807, 2.05) is 6.08 Å².